The van der Waals surface area contributed by atoms with Crippen LogP contribution in [0.2, 0.25) is 0 Å². The molecule has 7 heteroatoms. The van der Waals surface area contributed by atoms with Crippen molar-refractivity contribution in [1.29, 1.82) is 0 Å². The maximum Gasteiger partial charge on any atom is 0.190 e. The molecule has 3 rings (SSSR count). The molecule has 1 atom stereocenters. The monoisotopic (exact) mass is 291 g/mol. The SMILES string of the molecule is N/C(=N/O)c1ncccc1N1CCC(N2CCOCC2)C1. The van der Waals surface area contributed by atoms with E-state index >= 15 is 0 Å². The number of ether oxygens (including phenoxy) is 1. The summed E-state index contributed by atoms with van der Waals surface area (Å²) in [7, 11) is 0. The van der Waals surface area contributed by atoms with Gasteiger partial charge in [0, 0.05) is 38.4 Å². The summed E-state index contributed by atoms with van der Waals surface area (Å²) >= 11 is 0. The number of nitrogens with two attached hydrogens (primary N) is 1. The van der Waals surface area contributed by atoms with Gasteiger partial charge in [0.15, 0.2) is 5.84 Å². The number of anilines is 1. The van der Waals surface area contributed by atoms with Crippen molar-refractivity contribution in [3.05, 3.63) is 24.0 Å². The molecule has 3 heterocycles. The average molecular weight is 291 g/mol. The van der Waals surface area contributed by atoms with Crippen molar-refractivity contribution in [3.8, 4) is 0 Å². The lowest BCUT2D eigenvalue weighted by molar-refractivity contribution is 0.0209. The molecule has 0 aliphatic carbocycles. The fourth-order valence-electron chi connectivity index (χ4n) is 3.10. The fourth-order valence-corrected chi connectivity index (χ4v) is 3.10. The first kappa shape index (κ1) is 14.1. The van der Waals surface area contributed by atoms with Crippen LogP contribution < -0.4 is 10.6 Å². The zero-order valence-corrected chi connectivity index (χ0v) is 12.0. The highest BCUT2D eigenvalue weighted by atomic mass is 16.5. The van der Waals surface area contributed by atoms with Gasteiger partial charge in [0.25, 0.3) is 0 Å². The average Bonchev–Trinajstić information content (AvgIpc) is 3.05. The van der Waals surface area contributed by atoms with Crippen molar-refractivity contribution in [2.24, 2.45) is 10.9 Å². The van der Waals surface area contributed by atoms with Gasteiger partial charge in [-0.3, -0.25) is 9.88 Å². The van der Waals surface area contributed by atoms with Crippen LogP contribution in [0, 0.1) is 0 Å². The first-order chi connectivity index (χ1) is 10.3. The molecule has 21 heavy (non-hydrogen) atoms. The molecule has 0 radical (unpaired) electrons. The van der Waals surface area contributed by atoms with Gasteiger partial charge in [-0.2, -0.15) is 0 Å². The third-order valence-corrected chi connectivity index (χ3v) is 4.20. The molecule has 0 bridgehead atoms. The molecule has 114 valence electrons. The lowest BCUT2D eigenvalue weighted by atomic mass is 10.2. The maximum absolute atomic E-state index is 8.89. The highest BCUT2D eigenvalue weighted by Crippen LogP contribution is 2.25. The number of nitrogens with zero attached hydrogens (tertiary/aromatic N) is 4. The summed E-state index contributed by atoms with van der Waals surface area (Å²) < 4.78 is 5.41. The topological polar surface area (TPSA) is 87.2 Å². The molecule has 1 unspecified atom stereocenters. The van der Waals surface area contributed by atoms with Crippen molar-refractivity contribution >= 4 is 11.5 Å². The van der Waals surface area contributed by atoms with Gasteiger partial charge >= 0.3 is 0 Å². The number of morpholine rings is 1. The number of pyridine rings is 1. The fraction of sp³-hybridized carbons (Fsp3) is 0.571. The number of hydrogen-bond donors (Lipinski definition) is 2. The van der Waals surface area contributed by atoms with E-state index < -0.39 is 0 Å². The van der Waals surface area contributed by atoms with Gasteiger partial charge in [0.2, 0.25) is 0 Å². The highest BCUT2D eigenvalue weighted by Gasteiger charge is 2.30. The third-order valence-electron chi connectivity index (χ3n) is 4.20. The van der Waals surface area contributed by atoms with E-state index in [9.17, 15) is 0 Å². The molecule has 2 aliphatic rings. The van der Waals surface area contributed by atoms with Gasteiger partial charge in [-0.1, -0.05) is 5.16 Å². The van der Waals surface area contributed by atoms with E-state index in [-0.39, 0.29) is 5.84 Å². The molecule has 3 N–H and O–H groups in total. The lowest BCUT2D eigenvalue weighted by Gasteiger charge is -2.32. The number of oxime groups is 1. The van der Waals surface area contributed by atoms with Crippen molar-refractivity contribution in [2.75, 3.05) is 44.3 Å². The van der Waals surface area contributed by atoms with Gasteiger partial charge in [-0.25, -0.2) is 0 Å². The van der Waals surface area contributed by atoms with Crippen LogP contribution in [0.15, 0.2) is 23.5 Å². The number of aromatic nitrogens is 1. The van der Waals surface area contributed by atoms with Crippen molar-refractivity contribution in [1.82, 2.24) is 9.88 Å². The molecule has 2 aliphatic heterocycles. The first-order valence-corrected chi connectivity index (χ1v) is 7.29. The Labute approximate surface area is 124 Å². The Kier molecular flexibility index (Phi) is 4.21. The van der Waals surface area contributed by atoms with Gasteiger partial charge in [0.05, 0.1) is 18.9 Å². The predicted octanol–water partition coefficient (Wildman–Crippen LogP) is 0.0870. The van der Waals surface area contributed by atoms with E-state index in [1.165, 1.54) is 0 Å². The second-order valence-corrected chi connectivity index (χ2v) is 5.39. The number of amidine groups is 1. The van der Waals surface area contributed by atoms with E-state index in [2.05, 4.69) is 19.9 Å². The summed E-state index contributed by atoms with van der Waals surface area (Å²) in [5.41, 5.74) is 7.20. The summed E-state index contributed by atoms with van der Waals surface area (Å²) in [6.45, 7) is 5.53. The molecule has 1 aromatic heterocycles. The van der Waals surface area contributed by atoms with Gasteiger partial charge < -0.3 is 20.6 Å². The van der Waals surface area contributed by atoms with E-state index in [4.69, 9.17) is 15.7 Å². The quantitative estimate of drug-likeness (QED) is 0.355. The first-order valence-electron chi connectivity index (χ1n) is 7.29. The molecule has 2 saturated heterocycles. The van der Waals surface area contributed by atoms with Crippen LogP contribution in [-0.2, 0) is 4.74 Å². The Morgan fingerprint density at radius 2 is 2.19 bits per heavy atom. The standard InChI is InChI=1S/C14H21N5O2/c15-14(17-20)13-12(2-1-4-16-13)19-5-3-11(10-19)18-6-8-21-9-7-18/h1-2,4,11,20H,3,5-10H2,(H2,15,17). The largest absolute Gasteiger partial charge is 0.409 e. The van der Waals surface area contributed by atoms with E-state index in [0.29, 0.717) is 11.7 Å². The Morgan fingerprint density at radius 3 is 2.95 bits per heavy atom. The number of rotatable bonds is 3. The van der Waals surface area contributed by atoms with Crippen molar-refractivity contribution in [2.45, 2.75) is 12.5 Å². The summed E-state index contributed by atoms with van der Waals surface area (Å²) in [5, 5.41) is 12.0. The van der Waals surface area contributed by atoms with Gasteiger partial charge in [-0.05, 0) is 18.6 Å². The Morgan fingerprint density at radius 1 is 1.38 bits per heavy atom. The lowest BCUT2D eigenvalue weighted by Crippen LogP contribution is -2.44. The molecule has 2 fully saturated rings. The highest BCUT2D eigenvalue weighted by molar-refractivity contribution is 6.00. The molecule has 0 amide bonds. The van der Waals surface area contributed by atoms with Crippen LogP contribution in [0.1, 0.15) is 12.1 Å². The summed E-state index contributed by atoms with van der Waals surface area (Å²) in [6, 6.07) is 4.39. The van der Waals surface area contributed by atoms with E-state index in [1.807, 2.05) is 12.1 Å². The molecular weight excluding hydrogens is 270 g/mol. The zero-order valence-electron chi connectivity index (χ0n) is 12.0. The maximum atomic E-state index is 8.89. The normalized spacial score (nSPS) is 24.5. The minimum atomic E-state index is 0.0559. The Hall–Kier alpha value is -1.86. The predicted molar refractivity (Wildman–Crippen MR) is 79.8 cm³/mol. The Bertz CT molecular complexity index is 516. The minimum absolute atomic E-state index is 0.0559. The van der Waals surface area contributed by atoms with Crippen LogP contribution in [0.4, 0.5) is 5.69 Å². The van der Waals surface area contributed by atoms with Crippen LogP contribution in [0.3, 0.4) is 0 Å². The summed E-state index contributed by atoms with van der Waals surface area (Å²) in [5.74, 6) is 0.0559. The van der Waals surface area contributed by atoms with Crippen molar-refractivity contribution < 1.29 is 9.94 Å². The zero-order chi connectivity index (χ0) is 14.7. The second kappa shape index (κ2) is 6.28. The molecule has 0 aromatic carbocycles. The summed E-state index contributed by atoms with van der Waals surface area (Å²) in [6.07, 6.45) is 2.77. The van der Waals surface area contributed by atoms with Gasteiger partial charge in [-0.15, -0.1) is 0 Å². The molecule has 0 spiro atoms. The molecular formula is C14H21N5O2. The van der Waals surface area contributed by atoms with Crippen LogP contribution in [0.25, 0.3) is 0 Å². The molecule has 0 saturated carbocycles. The van der Waals surface area contributed by atoms with Crippen LogP contribution >= 0.6 is 0 Å². The van der Waals surface area contributed by atoms with E-state index in [0.717, 1.165) is 51.5 Å². The molecule has 7 nitrogen and oxygen atoms in total. The number of hydrogen-bond acceptors (Lipinski definition) is 6. The summed E-state index contributed by atoms with van der Waals surface area (Å²) in [4.78, 5) is 8.99. The smallest absolute Gasteiger partial charge is 0.190 e. The van der Waals surface area contributed by atoms with Crippen molar-refractivity contribution in [3.63, 3.8) is 0 Å². The van der Waals surface area contributed by atoms with Gasteiger partial charge in [0.1, 0.15) is 5.69 Å². The third kappa shape index (κ3) is 2.93. The molecule has 1 aromatic rings. The minimum Gasteiger partial charge on any atom is -0.409 e. The van der Waals surface area contributed by atoms with Crippen LogP contribution in [-0.4, -0.2) is 66.4 Å². The Balaban J connectivity index is 1.74. The van der Waals surface area contributed by atoms with E-state index in [1.54, 1.807) is 6.20 Å². The van der Waals surface area contributed by atoms with Crippen LogP contribution in [0.5, 0.6) is 0 Å². The second-order valence-electron chi connectivity index (χ2n) is 5.39.